The third-order valence-corrected chi connectivity index (χ3v) is 2.57. The fourth-order valence-electron chi connectivity index (χ4n) is 1.54. The van der Waals surface area contributed by atoms with E-state index in [1.54, 1.807) is 12.4 Å². The number of hydrogen-bond donors (Lipinski definition) is 0. The summed E-state index contributed by atoms with van der Waals surface area (Å²) in [5.41, 5.74) is 1.40. The topological polar surface area (TPSA) is 39.3 Å². The highest BCUT2D eigenvalue weighted by Gasteiger charge is 2.00. The Morgan fingerprint density at radius 3 is 2.61 bits per heavy atom. The predicted molar refractivity (Wildman–Crippen MR) is 64.4 cm³/mol. The summed E-state index contributed by atoms with van der Waals surface area (Å²) in [6.07, 6.45) is 4.34. The van der Waals surface area contributed by atoms with Crippen LogP contribution in [0.5, 0.6) is 0 Å². The molecule has 3 nitrogen and oxygen atoms in total. The highest BCUT2D eigenvalue weighted by Crippen LogP contribution is 2.02. The molecule has 0 aliphatic rings. The van der Waals surface area contributed by atoms with Crippen LogP contribution in [0.1, 0.15) is 18.1 Å². The summed E-state index contributed by atoms with van der Waals surface area (Å²) in [5.74, 6) is -0.911. The Labute approximate surface area is 105 Å². The second kappa shape index (κ2) is 5.40. The molecule has 0 unspecified atom stereocenters. The van der Waals surface area contributed by atoms with Crippen LogP contribution in [-0.2, 0) is 6.42 Å². The predicted octanol–water partition coefficient (Wildman–Crippen LogP) is 1.25. The smallest absolute Gasteiger partial charge is 0.202 e. The van der Waals surface area contributed by atoms with Crippen LogP contribution in [0, 0.1) is 5.82 Å². The second-order valence-electron chi connectivity index (χ2n) is 3.86. The van der Waals surface area contributed by atoms with Crippen molar-refractivity contribution in [3.63, 3.8) is 0 Å². The van der Waals surface area contributed by atoms with Crippen LogP contribution in [0.15, 0.2) is 53.9 Å². The first-order valence-corrected chi connectivity index (χ1v) is 5.71. The minimum atomic E-state index is -0.469. The van der Waals surface area contributed by atoms with E-state index in [2.05, 4.69) is 12.0 Å². The molecule has 0 saturated heterocycles. The first-order valence-electron chi connectivity index (χ1n) is 5.71. The molecule has 0 amide bonds. The molecule has 4 heteroatoms. The number of hydrogen-bond acceptors (Lipinski definition) is 2. The van der Waals surface area contributed by atoms with Gasteiger partial charge in [-0.1, -0.05) is 23.7 Å². The molecule has 18 heavy (non-hydrogen) atoms. The number of benzene rings is 1. The van der Waals surface area contributed by atoms with Gasteiger partial charge in [-0.05, 0) is 34.8 Å². The maximum Gasteiger partial charge on any atom is 0.202 e. The zero-order chi connectivity index (χ0) is 13.0. The summed E-state index contributed by atoms with van der Waals surface area (Å²) in [5, 5.41) is 15.6. The van der Waals surface area contributed by atoms with Gasteiger partial charge in [-0.15, -0.1) is 0 Å². The number of rotatable bonds is 3. The summed E-state index contributed by atoms with van der Waals surface area (Å²) in [6.45, 7) is 2.05. The van der Waals surface area contributed by atoms with E-state index in [4.69, 9.17) is 0 Å². The maximum atomic E-state index is 13.0. The van der Waals surface area contributed by atoms with Gasteiger partial charge in [0.15, 0.2) is 0 Å². The SMILES string of the molecule is CCc1cc[n+](/N=C(/[O-])c2cccc(F)c2)cc1. The fraction of sp³-hybridized carbons (Fsp3) is 0.143. The van der Waals surface area contributed by atoms with Crippen molar-refractivity contribution in [2.75, 3.05) is 0 Å². The van der Waals surface area contributed by atoms with E-state index in [0.717, 1.165) is 6.42 Å². The number of aromatic nitrogens is 1. The molecule has 0 fully saturated rings. The van der Waals surface area contributed by atoms with Gasteiger partial charge in [0.1, 0.15) is 5.82 Å². The van der Waals surface area contributed by atoms with Crippen LogP contribution in [-0.4, -0.2) is 5.90 Å². The van der Waals surface area contributed by atoms with Crippen LogP contribution in [0.25, 0.3) is 0 Å². The Kier molecular flexibility index (Phi) is 3.67. The molecule has 0 N–H and O–H groups in total. The van der Waals surface area contributed by atoms with E-state index in [0.29, 0.717) is 0 Å². The molecule has 0 bridgehead atoms. The van der Waals surface area contributed by atoms with Crippen molar-refractivity contribution in [3.8, 4) is 0 Å². The molecule has 1 heterocycles. The van der Waals surface area contributed by atoms with Gasteiger partial charge in [0.25, 0.3) is 0 Å². The third-order valence-electron chi connectivity index (χ3n) is 2.57. The standard InChI is InChI=1S/C14H13FN2O/c1-2-11-6-8-17(9-7-11)16-14(18)12-4-3-5-13(15)10-12/h3-10H,2H2,1H3. The lowest BCUT2D eigenvalue weighted by Crippen LogP contribution is -2.33. The van der Waals surface area contributed by atoms with Crippen LogP contribution in [0.3, 0.4) is 0 Å². The molecular weight excluding hydrogens is 231 g/mol. The van der Waals surface area contributed by atoms with Crippen molar-refractivity contribution in [3.05, 3.63) is 65.7 Å². The summed E-state index contributed by atoms with van der Waals surface area (Å²) >= 11 is 0. The highest BCUT2D eigenvalue weighted by atomic mass is 19.1. The molecule has 0 radical (unpaired) electrons. The van der Waals surface area contributed by atoms with Crippen LogP contribution in [0.4, 0.5) is 4.39 Å². The van der Waals surface area contributed by atoms with Crippen molar-refractivity contribution < 1.29 is 14.2 Å². The lowest BCUT2D eigenvalue weighted by molar-refractivity contribution is -0.681. The Morgan fingerprint density at radius 2 is 2.00 bits per heavy atom. The molecule has 1 aromatic heterocycles. The largest absolute Gasteiger partial charge is 0.854 e. The summed E-state index contributed by atoms with van der Waals surface area (Å²) < 4.78 is 14.4. The van der Waals surface area contributed by atoms with Gasteiger partial charge in [0.05, 0.1) is 5.90 Å². The first kappa shape index (κ1) is 12.2. The van der Waals surface area contributed by atoms with Gasteiger partial charge in [-0.3, -0.25) is 0 Å². The van der Waals surface area contributed by atoms with Crippen molar-refractivity contribution in [2.24, 2.45) is 5.10 Å². The fourth-order valence-corrected chi connectivity index (χ4v) is 1.54. The lowest BCUT2D eigenvalue weighted by atomic mass is 10.2. The molecule has 1 aromatic carbocycles. The Bertz CT molecular complexity index is 564. The van der Waals surface area contributed by atoms with Crippen LogP contribution >= 0.6 is 0 Å². The van der Waals surface area contributed by atoms with E-state index in [1.807, 2.05) is 12.1 Å². The zero-order valence-corrected chi connectivity index (χ0v) is 10.0. The molecule has 0 atom stereocenters. The molecule has 0 spiro atoms. The number of aryl methyl sites for hydroxylation is 1. The van der Waals surface area contributed by atoms with Crippen molar-refractivity contribution in [2.45, 2.75) is 13.3 Å². The molecule has 0 aliphatic heterocycles. The molecule has 2 aromatic rings. The Balaban J connectivity index is 2.26. The Morgan fingerprint density at radius 1 is 1.28 bits per heavy atom. The second-order valence-corrected chi connectivity index (χ2v) is 3.86. The van der Waals surface area contributed by atoms with Gasteiger partial charge >= 0.3 is 0 Å². The van der Waals surface area contributed by atoms with Gasteiger partial charge in [-0.25, -0.2) is 4.39 Å². The van der Waals surface area contributed by atoms with E-state index in [9.17, 15) is 9.50 Å². The summed E-state index contributed by atoms with van der Waals surface area (Å²) in [7, 11) is 0. The van der Waals surface area contributed by atoms with Gasteiger partial charge in [0, 0.05) is 12.1 Å². The molecule has 0 saturated carbocycles. The van der Waals surface area contributed by atoms with Crippen molar-refractivity contribution >= 4 is 5.90 Å². The highest BCUT2D eigenvalue weighted by molar-refractivity contribution is 5.89. The van der Waals surface area contributed by atoms with Crippen LogP contribution in [0.2, 0.25) is 0 Å². The van der Waals surface area contributed by atoms with Crippen molar-refractivity contribution in [1.82, 2.24) is 0 Å². The van der Waals surface area contributed by atoms with E-state index in [1.165, 1.54) is 34.5 Å². The minimum absolute atomic E-state index is 0.238. The average Bonchev–Trinajstić information content (AvgIpc) is 2.39. The molecule has 0 aliphatic carbocycles. The first-order chi connectivity index (χ1) is 8.69. The minimum Gasteiger partial charge on any atom is -0.854 e. The van der Waals surface area contributed by atoms with E-state index < -0.39 is 11.7 Å². The maximum absolute atomic E-state index is 13.0. The normalized spacial score (nSPS) is 11.6. The monoisotopic (exact) mass is 244 g/mol. The third kappa shape index (κ3) is 2.91. The number of nitrogens with zero attached hydrogens (tertiary/aromatic N) is 2. The lowest BCUT2D eigenvalue weighted by Gasteiger charge is -2.06. The van der Waals surface area contributed by atoms with Crippen molar-refractivity contribution in [1.29, 1.82) is 0 Å². The summed E-state index contributed by atoms with van der Waals surface area (Å²) in [4.78, 5) is 0. The van der Waals surface area contributed by atoms with Gasteiger partial charge < -0.3 is 5.11 Å². The van der Waals surface area contributed by atoms with Crippen LogP contribution < -0.4 is 9.78 Å². The average molecular weight is 244 g/mol. The van der Waals surface area contributed by atoms with E-state index in [-0.39, 0.29) is 5.56 Å². The molecule has 2 rings (SSSR count). The molecular formula is C14H13FN2O. The van der Waals surface area contributed by atoms with Gasteiger partial charge in [0.2, 0.25) is 12.4 Å². The molecule has 92 valence electrons. The Hall–Kier alpha value is -2.23. The van der Waals surface area contributed by atoms with E-state index >= 15 is 0 Å². The van der Waals surface area contributed by atoms with Gasteiger partial charge in [-0.2, -0.15) is 0 Å². The quantitative estimate of drug-likeness (QED) is 0.455. The number of halogens is 1. The number of pyridine rings is 1. The zero-order valence-electron chi connectivity index (χ0n) is 10.0. The summed E-state index contributed by atoms with van der Waals surface area (Å²) in [6, 6.07) is 9.27.